The number of hydrogen-bond donors (Lipinski definition) is 0. The molecular formula is C50H74N2O7. The monoisotopic (exact) mass is 815 g/mol. The Morgan fingerprint density at radius 1 is 0.915 bits per heavy atom. The Kier molecular flexibility index (Phi) is 15.0. The molecule has 6 rings (SSSR count). The van der Waals surface area contributed by atoms with Crippen molar-refractivity contribution in [3.05, 3.63) is 52.6 Å². The molecule has 0 spiro atoms. The molecule has 0 amide bonds. The number of Topliss-reactive ketones (excluding diaryl/α,β-unsaturated/α-hetero) is 1. The fourth-order valence-corrected chi connectivity index (χ4v) is 11.8. The first kappa shape index (κ1) is 45.2. The molecule has 2 saturated carbocycles. The van der Waals surface area contributed by atoms with E-state index in [0.717, 1.165) is 77.5 Å². The van der Waals surface area contributed by atoms with Gasteiger partial charge in [0.15, 0.2) is 5.78 Å². The third-order valence-electron chi connectivity index (χ3n) is 14.8. The van der Waals surface area contributed by atoms with Crippen molar-refractivity contribution < 1.29 is 33.4 Å². The van der Waals surface area contributed by atoms with Gasteiger partial charge in [-0.05, 0) is 170 Å². The summed E-state index contributed by atoms with van der Waals surface area (Å²) < 4.78 is 16.8. The number of anilines is 1. The van der Waals surface area contributed by atoms with Gasteiger partial charge in [-0.15, -0.1) is 0 Å². The number of hydrogen-bond acceptors (Lipinski definition) is 9. The standard InChI is InChI=1S/C50H74N2O7/c1-35(53)30-50(34-58-36(2)54)24-21-45-43-19-15-39-29-41(55)18-20-42(39)47(43)44(31-49(45,50)6)38-13-16-40(17-14-38)51(7)25-11-9-8-10-12-26-52-27-22-37(23-28-52)32-57-33-46(56)59-48(3,4)5/h13-14,16-17,29,37,43-45H,8-12,15,18-28,30-34H2,1-7H3/t43-,44+,45-,49-,50+/m0/s1. The van der Waals surface area contributed by atoms with Crippen molar-refractivity contribution in [2.24, 2.45) is 28.6 Å². The average Bonchev–Trinajstić information content (AvgIpc) is 3.46. The van der Waals surface area contributed by atoms with Crippen LogP contribution in [0.4, 0.5) is 5.69 Å². The number of ether oxygens (including phenoxy) is 3. The van der Waals surface area contributed by atoms with E-state index in [2.05, 4.69) is 48.0 Å². The van der Waals surface area contributed by atoms with Crippen molar-refractivity contribution in [1.82, 2.24) is 4.90 Å². The van der Waals surface area contributed by atoms with Gasteiger partial charge in [0.05, 0.1) is 13.2 Å². The van der Waals surface area contributed by atoms with Crippen LogP contribution < -0.4 is 4.90 Å². The van der Waals surface area contributed by atoms with Gasteiger partial charge < -0.3 is 28.8 Å². The SMILES string of the molecule is CC(=O)C[C@@]1(COC(C)=O)CC[C@H]2[C@@H]3CCC4=CC(=O)CCC4=C3[C@@H](c3ccc(N(C)CCCCCCCN4CCC(COCC(=O)OC(C)(C)C)CC4)cc3)C[C@@]21C. The first-order valence-electron chi connectivity index (χ1n) is 23.0. The van der Waals surface area contributed by atoms with Crippen molar-refractivity contribution in [3.8, 4) is 0 Å². The second-order valence-corrected chi connectivity index (χ2v) is 20.1. The number of allylic oxidation sites excluding steroid dienone is 4. The van der Waals surface area contributed by atoms with Gasteiger partial charge in [-0.2, -0.15) is 0 Å². The topological polar surface area (TPSA) is 102 Å². The molecule has 1 saturated heterocycles. The van der Waals surface area contributed by atoms with E-state index in [4.69, 9.17) is 14.2 Å². The van der Waals surface area contributed by atoms with E-state index in [0.29, 0.717) is 43.8 Å². The molecule has 4 aliphatic carbocycles. The summed E-state index contributed by atoms with van der Waals surface area (Å²) in [6, 6.07) is 9.26. The quantitative estimate of drug-likeness (QED) is 0.106. The predicted molar refractivity (Wildman–Crippen MR) is 233 cm³/mol. The number of piperidine rings is 1. The molecule has 1 aliphatic heterocycles. The lowest BCUT2D eigenvalue weighted by molar-refractivity contribution is -0.160. The summed E-state index contributed by atoms with van der Waals surface area (Å²) in [5.74, 6) is 1.40. The molecule has 1 aromatic carbocycles. The van der Waals surface area contributed by atoms with Gasteiger partial charge in [-0.3, -0.25) is 9.59 Å². The Balaban J connectivity index is 1.000. The van der Waals surface area contributed by atoms with Crippen molar-refractivity contribution in [2.45, 2.75) is 149 Å². The van der Waals surface area contributed by atoms with Crippen LogP contribution in [0.15, 0.2) is 47.1 Å². The molecule has 3 fully saturated rings. The first-order valence-corrected chi connectivity index (χ1v) is 23.0. The zero-order chi connectivity index (χ0) is 42.4. The summed E-state index contributed by atoms with van der Waals surface area (Å²) in [6.45, 7) is 16.6. The molecular weight excluding hydrogens is 741 g/mol. The number of unbranched alkanes of at least 4 members (excludes halogenated alkanes) is 4. The first-order chi connectivity index (χ1) is 28.1. The molecule has 9 nitrogen and oxygen atoms in total. The van der Waals surface area contributed by atoms with Gasteiger partial charge in [0, 0.05) is 50.4 Å². The number of likely N-dealkylation sites (tertiary alicyclic amines) is 1. The van der Waals surface area contributed by atoms with Gasteiger partial charge in [-0.25, -0.2) is 4.79 Å². The van der Waals surface area contributed by atoms with E-state index in [9.17, 15) is 19.2 Å². The van der Waals surface area contributed by atoms with Gasteiger partial charge in [0.1, 0.15) is 18.0 Å². The number of ketones is 2. The molecule has 0 bridgehead atoms. The summed E-state index contributed by atoms with van der Waals surface area (Å²) in [6.07, 6.45) is 17.0. The van der Waals surface area contributed by atoms with Crippen molar-refractivity contribution in [1.29, 1.82) is 0 Å². The Hall–Kier alpha value is -3.30. The van der Waals surface area contributed by atoms with Crippen LogP contribution in [0.3, 0.4) is 0 Å². The summed E-state index contributed by atoms with van der Waals surface area (Å²) in [7, 11) is 2.20. The largest absolute Gasteiger partial charge is 0.465 e. The van der Waals surface area contributed by atoms with Crippen molar-refractivity contribution in [3.63, 3.8) is 0 Å². The highest BCUT2D eigenvalue weighted by atomic mass is 16.6. The minimum absolute atomic E-state index is 0.0390. The summed E-state index contributed by atoms with van der Waals surface area (Å²) >= 11 is 0. The highest BCUT2D eigenvalue weighted by Gasteiger charge is 2.63. The summed E-state index contributed by atoms with van der Waals surface area (Å²) in [4.78, 5) is 54.5. The highest BCUT2D eigenvalue weighted by molar-refractivity contribution is 5.93. The maximum atomic E-state index is 12.9. The number of fused-ring (bicyclic) bond motifs is 4. The van der Waals surface area contributed by atoms with Crippen LogP contribution in [0.1, 0.15) is 149 Å². The van der Waals surface area contributed by atoms with E-state index in [1.54, 1.807) is 12.5 Å². The lowest BCUT2D eigenvalue weighted by atomic mass is 9.48. The zero-order valence-electron chi connectivity index (χ0n) is 37.5. The second-order valence-electron chi connectivity index (χ2n) is 20.1. The van der Waals surface area contributed by atoms with Gasteiger partial charge in [-0.1, -0.05) is 43.9 Å². The molecule has 5 aliphatic rings. The predicted octanol–water partition coefficient (Wildman–Crippen LogP) is 9.57. The number of esters is 2. The van der Waals surface area contributed by atoms with Crippen LogP contribution in [-0.2, 0) is 33.4 Å². The van der Waals surface area contributed by atoms with E-state index >= 15 is 0 Å². The lowest BCUT2D eigenvalue weighted by Gasteiger charge is -2.56. The van der Waals surface area contributed by atoms with Gasteiger partial charge in [0.2, 0.25) is 0 Å². The van der Waals surface area contributed by atoms with Gasteiger partial charge in [0.25, 0.3) is 0 Å². The van der Waals surface area contributed by atoms with Crippen molar-refractivity contribution in [2.75, 3.05) is 57.9 Å². The zero-order valence-corrected chi connectivity index (χ0v) is 37.5. The molecule has 0 radical (unpaired) electrons. The fourth-order valence-electron chi connectivity index (χ4n) is 11.8. The van der Waals surface area contributed by atoms with Crippen molar-refractivity contribution >= 4 is 29.2 Å². The fraction of sp³-hybridized carbons (Fsp3) is 0.720. The maximum Gasteiger partial charge on any atom is 0.332 e. The molecule has 1 heterocycles. The minimum atomic E-state index is -0.474. The van der Waals surface area contributed by atoms with E-state index in [-0.39, 0.29) is 46.9 Å². The Morgan fingerprint density at radius 3 is 2.32 bits per heavy atom. The van der Waals surface area contributed by atoms with Crippen LogP contribution in [0, 0.1) is 28.6 Å². The third kappa shape index (κ3) is 11.2. The minimum Gasteiger partial charge on any atom is -0.465 e. The number of nitrogens with zero attached hydrogens (tertiary/aromatic N) is 2. The molecule has 0 aromatic heterocycles. The van der Waals surface area contributed by atoms with Gasteiger partial charge >= 0.3 is 11.9 Å². The number of carbonyl (C=O) groups excluding carboxylic acids is 4. The Morgan fingerprint density at radius 2 is 1.63 bits per heavy atom. The molecule has 0 unspecified atom stereocenters. The number of benzene rings is 1. The normalized spacial score (nSPS) is 27.4. The smallest absolute Gasteiger partial charge is 0.332 e. The lowest BCUT2D eigenvalue weighted by Crippen LogP contribution is -2.50. The van der Waals surface area contributed by atoms with E-state index in [1.807, 2.05) is 26.8 Å². The molecule has 1 aromatic rings. The van der Waals surface area contributed by atoms with E-state index < -0.39 is 5.60 Å². The highest BCUT2D eigenvalue weighted by Crippen LogP contribution is 2.70. The van der Waals surface area contributed by atoms with Crippen LogP contribution in [0.5, 0.6) is 0 Å². The summed E-state index contributed by atoms with van der Waals surface area (Å²) in [5, 5.41) is 0. The van der Waals surface area contributed by atoms with E-state index in [1.165, 1.54) is 61.4 Å². The molecule has 0 N–H and O–H groups in total. The Labute approximate surface area is 355 Å². The third-order valence-corrected chi connectivity index (χ3v) is 14.8. The maximum absolute atomic E-state index is 12.9. The number of carbonyl (C=O) groups is 4. The number of rotatable bonds is 18. The molecule has 59 heavy (non-hydrogen) atoms. The Bertz CT molecular complexity index is 1720. The average molecular weight is 815 g/mol. The van der Waals surface area contributed by atoms with Crippen LogP contribution in [0.2, 0.25) is 0 Å². The van der Waals surface area contributed by atoms with Crippen LogP contribution >= 0.6 is 0 Å². The molecule has 9 heteroatoms. The molecule has 5 atom stereocenters. The molecule has 326 valence electrons. The second kappa shape index (κ2) is 19.6. The summed E-state index contributed by atoms with van der Waals surface area (Å²) in [5.41, 5.74) is 5.78. The van der Waals surface area contributed by atoms with Crippen LogP contribution in [0.25, 0.3) is 0 Å². The van der Waals surface area contributed by atoms with Crippen LogP contribution in [-0.4, -0.2) is 87.1 Å².